The van der Waals surface area contributed by atoms with E-state index in [0.29, 0.717) is 21.9 Å². The van der Waals surface area contributed by atoms with Gasteiger partial charge in [-0.2, -0.15) is 0 Å². The second kappa shape index (κ2) is 5.88. The zero-order valence-electron chi connectivity index (χ0n) is 11.4. The van der Waals surface area contributed by atoms with Crippen LogP contribution in [0.2, 0.25) is 5.02 Å². The Balaban J connectivity index is 2.57. The maximum absolute atomic E-state index is 12.6. The lowest BCUT2D eigenvalue weighted by atomic mass is 10.2. The summed E-state index contributed by atoms with van der Waals surface area (Å²) < 4.78 is 1.59. The van der Waals surface area contributed by atoms with Crippen molar-refractivity contribution in [1.82, 2.24) is 9.55 Å². The van der Waals surface area contributed by atoms with Gasteiger partial charge in [0.05, 0.1) is 11.0 Å². The lowest BCUT2D eigenvalue weighted by Gasteiger charge is -2.06. The molecule has 2 rings (SSSR count). The Morgan fingerprint density at radius 2 is 2.20 bits per heavy atom. The summed E-state index contributed by atoms with van der Waals surface area (Å²) >= 11 is 5.95. The van der Waals surface area contributed by atoms with Gasteiger partial charge in [-0.25, -0.2) is 4.98 Å². The van der Waals surface area contributed by atoms with E-state index in [1.807, 2.05) is 6.92 Å². The number of carbonyl (C=O) groups excluding carboxylic acids is 1. The Morgan fingerprint density at radius 3 is 2.85 bits per heavy atom. The third-order valence-electron chi connectivity index (χ3n) is 2.96. The number of imidazole rings is 1. The molecule has 1 heterocycles. The maximum Gasteiger partial charge on any atom is 0.263 e. The Labute approximate surface area is 122 Å². The molecule has 0 N–H and O–H groups in total. The highest BCUT2D eigenvalue weighted by atomic mass is 35.5. The number of aryl methyl sites for hydroxylation is 1. The van der Waals surface area contributed by atoms with Crippen LogP contribution >= 0.6 is 11.6 Å². The van der Waals surface area contributed by atoms with Crippen LogP contribution in [0.5, 0.6) is 0 Å². The highest BCUT2D eigenvalue weighted by Crippen LogP contribution is 2.21. The first-order valence-corrected chi connectivity index (χ1v) is 6.61. The number of fused-ring (bicyclic) bond motifs is 1. The van der Waals surface area contributed by atoms with Crippen LogP contribution in [0, 0.1) is 6.92 Å². The SMILES string of the molecule is C=C/C=C\C(=C/C)C(=O)n1c(C)nc2cc(Cl)ccc21. The van der Waals surface area contributed by atoms with Gasteiger partial charge in [-0.15, -0.1) is 0 Å². The summed E-state index contributed by atoms with van der Waals surface area (Å²) in [7, 11) is 0. The van der Waals surface area contributed by atoms with E-state index in [4.69, 9.17) is 11.6 Å². The summed E-state index contributed by atoms with van der Waals surface area (Å²) in [5, 5.41) is 0.604. The molecule has 3 nitrogen and oxygen atoms in total. The first-order chi connectivity index (χ1) is 9.58. The minimum absolute atomic E-state index is 0.118. The van der Waals surface area contributed by atoms with E-state index in [1.165, 1.54) is 0 Å². The molecule has 4 heteroatoms. The van der Waals surface area contributed by atoms with Gasteiger partial charge in [0.15, 0.2) is 0 Å². The van der Waals surface area contributed by atoms with Crippen LogP contribution in [0.4, 0.5) is 0 Å². The molecule has 0 saturated carbocycles. The van der Waals surface area contributed by atoms with Gasteiger partial charge in [0.2, 0.25) is 0 Å². The summed E-state index contributed by atoms with van der Waals surface area (Å²) in [5.74, 6) is 0.520. The number of aromatic nitrogens is 2. The van der Waals surface area contributed by atoms with Crippen LogP contribution in [0.25, 0.3) is 11.0 Å². The Kier molecular flexibility index (Phi) is 4.20. The number of hydrogen-bond acceptors (Lipinski definition) is 2. The third kappa shape index (κ3) is 2.58. The second-order valence-corrected chi connectivity index (χ2v) is 4.71. The smallest absolute Gasteiger partial charge is 0.263 e. The highest BCUT2D eigenvalue weighted by molar-refractivity contribution is 6.31. The van der Waals surface area contributed by atoms with Crippen molar-refractivity contribution in [3.8, 4) is 0 Å². The second-order valence-electron chi connectivity index (χ2n) is 4.27. The van der Waals surface area contributed by atoms with Crippen LogP contribution in [0.3, 0.4) is 0 Å². The molecule has 0 aliphatic heterocycles. The number of rotatable bonds is 3. The van der Waals surface area contributed by atoms with Crippen molar-refractivity contribution in [2.75, 3.05) is 0 Å². The molecule has 0 aliphatic rings. The normalized spacial score (nSPS) is 12.2. The predicted molar refractivity (Wildman–Crippen MR) is 83.2 cm³/mol. The summed E-state index contributed by atoms with van der Waals surface area (Å²) in [6.07, 6.45) is 6.87. The molecule has 20 heavy (non-hydrogen) atoms. The van der Waals surface area contributed by atoms with E-state index in [1.54, 1.807) is 54.0 Å². The molecule has 1 aromatic heterocycles. The number of halogens is 1. The summed E-state index contributed by atoms with van der Waals surface area (Å²) in [6, 6.07) is 5.31. The van der Waals surface area contributed by atoms with E-state index in [2.05, 4.69) is 11.6 Å². The number of benzene rings is 1. The maximum atomic E-state index is 12.6. The summed E-state index contributed by atoms with van der Waals surface area (Å²) in [6.45, 7) is 7.23. The fourth-order valence-corrected chi connectivity index (χ4v) is 2.19. The fraction of sp³-hybridized carbons (Fsp3) is 0.125. The third-order valence-corrected chi connectivity index (χ3v) is 3.19. The number of hydrogen-bond donors (Lipinski definition) is 0. The van der Waals surface area contributed by atoms with Gasteiger partial charge in [0.25, 0.3) is 5.91 Å². The van der Waals surface area contributed by atoms with Gasteiger partial charge in [-0.3, -0.25) is 9.36 Å². The molecule has 0 atom stereocenters. The lowest BCUT2D eigenvalue weighted by Crippen LogP contribution is -2.13. The van der Waals surface area contributed by atoms with Gasteiger partial charge < -0.3 is 0 Å². The standard InChI is InChI=1S/C16H15ClN2O/c1-4-6-7-12(5-2)16(20)19-11(3)18-14-10-13(17)8-9-15(14)19/h4-10H,1H2,2-3H3/b7-6-,12-5+. The molecular weight excluding hydrogens is 272 g/mol. The molecule has 102 valence electrons. The van der Waals surface area contributed by atoms with Crippen molar-refractivity contribution in [3.05, 3.63) is 65.5 Å². The van der Waals surface area contributed by atoms with Crippen molar-refractivity contribution in [1.29, 1.82) is 0 Å². The van der Waals surface area contributed by atoms with E-state index in [-0.39, 0.29) is 5.91 Å². The van der Waals surface area contributed by atoms with Crippen LogP contribution in [0.1, 0.15) is 17.5 Å². The largest absolute Gasteiger partial charge is 0.268 e. The highest BCUT2D eigenvalue weighted by Gasteiger charge is 2.16. The molecule has 0 bridgehead atoms. The van der Waals surface area contributed by atoms with E-state index in [9.17, 15) is 4.79 Å². The number of allylic oxidation sites excluding steroid dienone is 5. The van der Waals surface area contributed by atoms with Gasteiger partial charge in [0.1, 0.15) is 5.82 Å². The van der Waals surface area contributed by atoms with Crippen LogP contribution in [0.15, 0.2) is 54.7 Å². The van der Waals surface area contributed by atoms with Crippen molar-refractivity contribution in [2.24, 2.45) is 0 Å². The Morgan fingerprint density at radius 1 is 1.45 bits per heavy atom. The first-order valence-electron chi connectivity index (χ1n) is 6.23. The zero-order valence-corrected chi connectivity index (χ0v) is 12.2. The summed E-state index contributed by atoms with van der Waals surface area (Å²) in [4.78, 5) is 17.0. The van der Waals surface area contributed by atoms with Crippen molar-refractivity contribution in [2.45, 2.75) is 13.8 Å². The van der Waals surface area contributed by atoms with Crippen LogP contribution < -0.4 is 0 Å². The minimum Gasteiger partial charge on any atom is -0.268 e. The molecule has 0 saturated heterocycles. The summed E-state index contributed by atoms with van der Waals surface area (Å²) in [5.41, 5.74) is 2.05. The zero-order chi connectivity index (χ0) is 14.7. The average Bonchev–Trinajstić information content (AvgIpc) is 2.74. The molecule has 0 aliphatic carbocycles. The lowest BCUT2D eigenvalue weighted by molar-refractivity contribution is 0.0961. The monoisotopic (exact) mass is 286 g/mol. The molecule has 0 unspecified atom stereocenters. The number of carbonyl (C=O) groups is 1. The van der Waals surface area contributed by atoms with Crippen molar-refractivity contribution >= 4 is 28.5 Å². The number of nitrogens with zero attached hydrogens (tertiary/aromatic N) is 2. The molecule has 0 amide bonds. The van der Waals surface area contributed by atoms with E-state index >= 15 is 0 Å². The molecule has 2 aromatic rings. The molecule has 0 spiro atoms. The van der Waals surface area contributed by atoms with Crippen molar-refractivity contribution < 1.29 is 4.79 Å². The van der Waals surface area contributed by atoms with Gasteiger partial charge in [-0.05, 0) is 38.1 Å². The predicted octanol–water partition coefficient (Wildman–Crippen LogP) is 4.33. The van der Waals surface area contributed by atoms with E-state index < -0.39 is 0 Å². The molecule has 1 aromatic carbocycles. The van der Waals surface area contributed by atoms with Crippen LogP contribution in [-0.2, 0) is 0 Å². The van der Waals surface area contributed by atoms with Gasteiger partial charge in [-0.1, -0.05) is 36.4 Å². The Bertz CT molecular complexity index is 738. The molecule has 0 fully saturated rings. The van der Waals surface area contributed by atoms with Gasteiger partial charge >= 0.3 is 0 Å². The Hall–Kier alpha value is -2.13. The van der Waals surface area contributed by atoms with Crippen LogP contribution in [-0.4, -0.2) is 15.5 Å². The molecule has 0 radical (unpaired) electrons. The fourth-order valence-electron chi connectivity index (χ4n) is 2.02. The average molecular weight is 287 g/mol. The van der Waals surface area contributed by atoms with E-state index in [0.717, 1.165) is 5.52 Å². The topological polar surface area (TPSA) is 34.9 Å². The quantitative estimate of drug-likeness (QED) is 0.622. The molecular formula is C16H15ClN2O. The minimum atomic E-state index is -0.118. The van der Waals surface area contributed by atoms with Crippen molar-refractivity contribution in [3.63, 3.8) is 0 Å². The first kappa shape index (κ1) is 14.3. The van der Waals surface area contributed by atoms with Gasteiger partial charge in [0, 0.05) is 10.6 Å².